The topological polar surface area (TPSA) is 0 Å². The van der Waals surface area contributed by atoms with Crippen molar-refractivity contribution in [3.05, 3.63) is 82.4 Å². The van der Waals surface area contributed by atoms with Crippen LogP contribution >= 0.6 is 0 Å². The number of rotatable bonds is 3. The summed E-state index contributed by atoms with van der Waals surface area (Å²) in [5.41, 5.74) is 1.41. The van der Waals surface area contributed by atoms with Crippen LogP contribution in [-0.2, 0) is 0 Å². The van der Waals surface area contributed by atoms with Crippen LogP contribution in [0.15, 0.2) is 60.2 Å². The zero-order chi connectivity index (χ0) is 16.3. The van der Waals surface area contributed by atoms with Crippen molar-refractivity contribution in [3.8, 4) is 0 Å². The molecule has 0 amide bonds. The van der Waals surface area contributed by atoms with Crippen LogP contribution in [0.2, 0.25) is 0 Å². The van der Waals surface area contributed by atoms with Gasteiger partial charge < -0.3 is 0 Å². The number of allylic oxidation sites excluding steroid dienone is 2. The summed E-state index contributed by atoms with van der Waals surface area (Å²) in [5.74, 6) is -6.55. The fourth-order valence-corrected chi connectivity index (χ4v) is 1.85. The van der Waals surface area contributed by atoms with Gasteiger partial charge in [0.1, 0.15) is 0 Å². The molecule has 0 fully saturated rings. The largest absolute Gasteiger partial charge is 0.203 e. The molecule has 0 aromatic heterocycles. The van der Waals surface area contributed by atoms with E-state index in [0.717, 1.165) is 11.1 Å². The standard InChI is InChI=1S/C18H14F4/c1-11-3-7-13(8-4-11)15(19)17(21)18(22)16(20)14-9-5-12(2)6-10-14/h3-10H,1-2H3/b17-15+,18-16+. The van der Waals surface area contributed by atoms with Crippen molar-refractivity contribution in [1.29, 1.82) is 0 Å². The van der Waals surface area contributed by atoms with Crippen molar-refractivity contribution in [2.24, 2.45) is 0 Å². The third-order valence-electron chi connectivity index (χ3n) is 3.19. The van der Waals surface area contributed by atoms with Crippen molar-refractivity contribution >= 4 is 11.7 Å². The molecule has 0 spiro atoms. The number of halogens is 4. The molecule has 0 saturated carbocycles. The molecule has 0 nitrogen and oxygen atoms in total. The second kappa shape index (κ2) is 6.60. The molecule has 22 heavy (non-hydrogen) atoms. The van der Waals surface area contributed by atoms with Gasteiger partial charge in [-0.1, -0.05) is 59.7 Å². The molecule has 0 bridgehead atoms. The fraction of sp³-hybridized carbons (Fsp3) is 0.111. The molecule has 0 aliphatic carbocycles. The Hall–Kier alpha value is -2.36. The van der Waals surface area contributed by atoms with E-state index in [1.54, 1.807) is 38.1 Å². The predicted octanol–water partition coefficient (Wildman–Crippen LogP) is 6.22. The van der Waals surface area contributed by atoms with Crippen LogP contribution in [0.4, 0.5) is 17.6 Å². The highest BCUT2D eigenvalue weighted by atomic mass is 19.2. The van der Waals surface area contributed by atoms with Gasteiger partial charge in [-0.2, -0.15) is 0 Å². The molecular formula is C18H14F4. The highest BCUT2D eigenvalue weighted by Crippen LogP contribution is 2.32. The first-order valence-corrected chi connectivity index (χ1v) is 6.65. The molecule has 0 saturated heterocycles. The van der Waals surface area contributed by atoms with Crippen LogP contribution in [-0.4, -0.2) is 0 Å². The Morgan fingerprint density at radius 2 is 0.818 bits per heavy atom. The van der Waals surface area contributed by atoms with Gasteiger partial charge in [0.2, 0.25) is 0 Å². The summed E-state index contributed by atoms with van der Waals surface area (Å²) in [6.07, 6.45) is 0. The smallest absolute Gasteiger partial charge is 0.198 e. The average molecular weight is 306 g/mol. The minimum atomic E-state index is -1.85. The van der Waals surface area contributed by atoms with E-state index in [4.69, 9.17) is 0 Å². The molecule has 4 heteroatoms. The zero-order valence-corrected chi connectivity index (χ0v) is 12.1. The second-order valence-electron chi connectivity index (χ2n) is 4.99. The van der Waals surface area contributed by atoms with Gasteiger partial charge in [0, 0.05) is 11.1 Å². The Balaban J connectivity index is 2.43. The maximum atomic E-state index is 13.9. The van der Waals surface area contributed by atoms with Gasteiger partial charge in [0.15, 0.2) is 23.3 Å². The summed E-state index contributed by atoms with van der Waals surface area (Å²) >= 11 is 0. The summed E-state index contributed by atoms with van der Waals surface area (Å²) in [7, 11) is 0. The third kappa shape index (κ3) is 3.45. The first-order valence-electron chi connectivity index (χ1n) is 6.65. The van der Waals surface area contributed by atoms with E-state index in [1.165, 1.54) is 24.3 Å². The lowest BCUT2D eigenvalue weighted by Gasteiger charge is -2.03. The predicted molar refractivity (Wildman–Crippen MR) is 80.6 cm³/mol. The van der Waals surface area contributed by atoms with Crippen LogP contribution in [0.5, 0.6) is 0 Å². The van der Waals surface area contributed by atoms with Crippen LogP contribution in [0, 0.1) is 13.8 Å². The summed E-state index contributed by atoms with van der Waals surface area (Å²) in [6.45, 7) is 3.55. The van der Waals surface area contributed by atoms with E-state index in [2.05, 4.69) is 0 Å². The van der Waals surface area contributed by atoms with E-state index in [9.17, 15) is 17.6 Å². The number of hydrogen-bond acceptors (Lipinski definition) is 0. The van der Waals surface area contributed by atoms with Crippen molar-refractivity contribution in [2.45, 2.75) is 13.8 Å². The zero-order valence-electron chi connectivity index (χ0n) is 12.1. The maximum Gasteiger partial charge on any atom is 0.198 e. The normalized spacial score (nSPS) is 13.5. The first kappa shape index (κ1) is 16.0. The van der Waals surface area contributed by atoms with E-state index >= 15 is 0 Å². The molecule has 0 N–H and O–H groups in total. The molecule has 0 heterocycles. The van der Waals surface area contributed by atoms with Crippen molar-refractivity contribution in [3.63, 3.8) is 0 Å². The Labute approximate surface area is 126 Å². The van der Waals surface area contributed by atoms with Gasteiger partial charge in [-0.15, -0.1) is 0 Å². The first-order chi connectivity index (χ1) is 10.4. The Morgan fingerprint density at radius 1 is 0.545 bits per heavy atom. The molecule has 114 valence electrons. The molecule has 2 aromatic carbocycles. The minimum Gasteiger partial charge on any atom is -0.203 e. The molecule has 0 aliphatic heterocycles. The summed E-state index contributed by atoms with van der Waals surface area (Å²) in [6, 6.07) is 11.5. The quantitative estimate of drug-likeness (QED) is 0.466. The summed E-state index contributed by atoms with van der Waals surface area (Å²) in [5, 5.41) is 0. The molecule has 2 aromatic rings. The maximum absolute atomic E-state index is 13.9. The van der Waals surface area contributed by atoms with Gasteiger partial charge in [-0.3, -0.25) is 0 Å². The average Bonchev–Trinajstić information content (AvgIpc) is 2.53. The molecule has 2 rings (SSSR count). The summed E-state index contributed by atoms with van der Waals surface area (Å²) < 4.78 is 55.5. The van der Waals surface area contributed by atoms with Crippen molar-refractivity contribution in [2.75, 3.05) is 0 Å². The molecule has 0 atom stereocenters. The number of hydrogen-bond donors (Lipinski definition) is 0. The lowest BCUT2D eigenvalue weighted by molar-refractivity contribution is 0.519. The van der Waals surface area contributed by atoms with Crippen molar-refractivity contribution < 1.29 is 17.6 Å². The lowest BCUT2D eigenvalue weighted by atomic mass is 10.1. The van der Waals surface area contributed by atoms with Gasteiger partial charge in [0.05, 0.1) is 0 Å². The minimum absolute atomic E-state index is 0.144. The van der Waals surface area contributed by atoms with Gasteiger partial charge >= 0.3 is 0 Å². The summed E-state index contributed by atoms with van der Waals surface area (Å²) in [4.78, 5) is 0. The van der Waals surface area contributed by atoms with Crippen molar-refractivity contribution in [1.82, 2.24) is 0 Å². The van der Waals surface area contributed by atoms with Gasteiger partial charge in [0.25, 0.3) is 0 Å². The molecule has 0 unspecified atom stereocenters. The van der Waals surface area contributed by atoms with Crippen LogP contribution < -0.4 is 0 Å². The lowest BCUT2D eigenvalue weighted by Crippen LogP contribution is -1.89. The van der Waals surface area contributed by atoms with Crippen LogP contribution in [0.3, 0.4) is 0 Å². The van der Waals surface area contributed by atoms with E-state index in [-0.39, 0.29) is 11.1 Å². The highest BCUT2D eigenvalue weighted by molar-refractivity contribution is 5.71. The van der Waals surface area contributed by atoms with Crippen LogP contribution in [0.25, 0.3) is 11.7 Å². The van der Waals surface area contributed by atoms with E-state index < -0.39 is 23.3 Å². The van der Waals surface area contributed by atoms with E-state index in [1.807, 2.05) is 0 Å². The Kier molecular flexibility index (Phi) is 4.81. The molecular weight excluding hydrogens is 292 g/mol. The van der Waals surface area contributed by atoms with Gasteiger partial charge in [-0.05, 0) is 13.8 Å². The number of benzene rings is 2. The molecule has 0 radical (unpaired) electrons. The highest BCUT2D eigenvalue weighted by Gasteiger charge is 2.19. The number of aryl methyl sites for hydroxylation is 2. The molecule has 0 aliphatic rings. The van der Waals surface area contributed by atoms with Crippen LogP contribution in [0.1, 0.15) is 22.3 Å². The Morgan fingerprint density at radius 3 is 1.09 bits per heavy atom. The monoisotopic (exact) mass is 306 g/mol. The SMILES string of the molecule is Cc1ccc(/C(F)=C(F)/C(F)=C(\F)c2ccc(C)cc2)cc1. The fourth-order valence-electron chi connectivity index (χ4n) is 1.85. The third-order valence-corrected chi connectivity index (χ3v) is 3.19. The Bertz CT molecular complexity index is 657. The second-order valence-corrected chi connectivity index (χ2v) is 4.99. The van der Waals surface area contributed by atoms with E-state index in [0.29, 0.717) is 0 Å². The van der Waals surface area contributed by atoms with Gasteiger partial charge in [-0.25, -0.2) is 17.6 Å².